The zero-order valence-electron chi connectivity index (χ0n) is 13.1. The van der Waals surface area contributed by atoms with Crippen molar-refractivity contribution in [3.63, 3.8) is 0 Å². The Labute approximate surface area is 125 Å². The van der Waals surface area contributed by atoms with Gasteiger partial charge >= 0.3 is 6.09 Å². The molecule has 0 spiro atoms. The van der Waals surface area contributed by atoms with E-state index < -0.39 is 5.60 Å². The second-order valence-electron chi connectivity index (χ2n) is 6.55. The Balaban J connectivity index is 1.77. The number of hydrogen-bond acceptors (Lipinski definition) is 5. The highest BCUT2D eigenvalue weighted by atomic mass is 16.6. The number of aromatic nitrogens is 1. The molecule has 6 heteroatoms. The van der Waals surface area contributed by atoms with Gasteiger partial charge in [-0.25, -0.2) is 4.79 Å². The van der Waals surface area contributed by atoms with E-state index in [4.69, 9.17) is 10.5 Å². The van der Waals surface area contributed by atoms with E-state index in [1.54, 1.807) is 17.3 Å². The van der Waals surface area contributed by atoms with Gasteiger partial charge in [-0.3, -0.25) is 4.98 Å². The maximum atomic E-state index is 11.8. The number of nitrogens with two attached hydrogens (primary N) is 1. The molecule has 0 radical (unpaired) electrons. The molecule has 1 aliphatic rings. The molecule has 1 saturated heterocycles. The number of pyridine rings is 1. The zero-order valence-corrected chi connectivity index (χ0v) is 13.1. The minimum Gasteiger partial charge on any atom is -0.444 e. The molecule has 0 bridgehead atoms. The number of carbonyl (C=O) groups is 1. The Morgan fingerprint density at radius 1 is 1.48 bits per heavy atom. The summed E-state index contributed by atoms with van der Waals surface area (Å²) in [6.07, 6.45) is 3.19. The van der Waals surface area contributed by atoms with E-state index in [-0.39, 0.29) is 6.09 Å². The van der Waals surface area contributed by atoms with Crippen LogP contribution in [0.25, 0.3) is 0 Å². The van der Waals surface area contributed by atoms with E-state index in [2.05, 4.69) is 10.3 Å². The summed E-state index contributed by atoms with van der Waals surface area (Å²) in [6.45, 7) is 9.81. The van der Waals surface area contributed by atoms with E-state index in [9.17, 15) is 4.79 Å². The molecular formula is C15H24N4O2. The summed E-state index contributed by atoms with van der Waals surface area (Å²) in [5.74, 6) is 0.421. The third kappa shape index (κ3) is 4.00. The normalized spacial score (nSPS) is 15.5. The molecule has 3 N–H and O–H groups in total. The van der Waals surface area contributed by atoms with Crippen LogP contribution >= 0.6 is 0 Å². The molecule has 2 rings (SSSR count). The van der Waals surface area contributed by atoms with Gasteiger partial charge in [-0.05, 0) is 33.3 Å². The first-order valence-corrected chi connectivity index (χ1v) is 7.18. The predicted molar refractivity (Wildman–Crippen MR) is 83.2 cm³/mol. The van der Waals surface area contributed by atoms with E-state index in [0.717, 1.165) is 17.8 Å². The number of likely N-dealkylation sites (tertiary alicyclic amines) is 1. The van der Waals surface area contributed by atoms with E-state index in [0.29, 0.717) is 24.7 Å². The van der Waals surface area contributed by atoms with Crippen LogP contribution in [-0.2, 0) is 4.74 Å². The van der Waals surface area contributed by atoms with Gasteiger partial charge < -0.3 is 20.7 Å². The summed E-state index contributed by atoms with van der Waals surface area (Å²) in [5, 5.41) is 3.35. The fraction of sp³-hybridized carbons (Fsp3) is 0.600. The maximum absolute atomic E-state index is 11.8. The number of amides is 1. The Bertz CT molecular complexity index is 499. The van der Waals surface area contributed by atoms with Crippen molar-refractivity contribution in [3.8, 4) is 0 Å². The standard InChI is InChI=1S/C15H24N4O2/c1-10-5-17-7-12(16)13(10)18-6-11-8-19(9-11)14(20)21-15(2,3)4/h5,7,11H,6,8-9,16H2,1-4H3,(H,17,18). The van der Waals surface area contributed by atoms with Gasteiger partial charge in [0.25, 0.3) is 0 Å². The molecule has 21 heavy (non-hydrogen) atoms. The van der Waals surface area contributed by atoms with Crippen molar-refractivity contribution < 1.29 is 9.53 Å². The first-order valence-electron chi connectivity index (χ1n) is 7.18. The minimum absolute atomic E-state index is 0.238. The van der Waals surface area contributed by atoms with Crippen LogP contribution in [0, 0.1) is 12.8 Å². The highest BCUT2D eigenvalue weighted by molar-refractivity contribution is 5.70. The highest BCUT2D eigenvalue weighted by Crippen LogP contribution is 2.24. The van der Waals surface area contributed by atoms with Crippen LogP contribution in [0.4, 0.5) is 16.2 Å². The van der Waals surface area contributed by atoms with Gasteiger partial charge in [0.15, 0.2) is 0 Å². The third-order valence-electron chi connectivity index (χ3n) is 3.34. The lowest BCUT2D eigenvalue weighted by Gasteiger charge is -2.40. The smallest absolute Gasteiger partial charge is 0.410 e. The van der Waals surface area contributed by atoms with Crippen molar-refractivity contribution >= 4 is 17.5 Å². The Morgan fingerprint density at radius 2 is 2.14 bits per heavy atom. The summed E-state index contributed by atoms with van der Waals surface area (Å²) in [4.78, 5) is 17.6. The van der Waals surface area contributed by atoms with Crippen LogP contribution in [0.2, 0.25) is 0 Å². The fourth-order valence-electron chi connectivity index (χ4n) is 2.25. The lowest BCUT2D eigenvalue weighted by molar-refractivity contribution is 0.000844. The molecule has 1 aromatic heterocycles. The summed E-state index contributed by atoms with van der Waals surface area (Å²) >= 11 is 0. The number of ether oxygens (including phenoxy) is 1. The van der Waals surface area contributed by atoms with Crippen molar-refractivity contribution in [2.45, 2.75) is 33.3 Å². The summed E-state index contributed by atoms with van der Waals surface area (Å²) in [6, 6.07) is 0. The van der Waals surface area contributed by atoms with Crippen molar-refractivity contribution in [2.75, 3.05) is 30.7 Å². The molecule has 6 nitrogen and oxygen atoms in total. The van der Waals surface area contributed by atoms with Crippen molar-refractivity contribution in [1.29, 1.82) is 0 Å². The van der Waals surface area contributed by atoms with E-state index in [1.807, 2.05) is 27.7 Å². The van der Waals surface area contributed by atoms with Crippen LogP contribution in [0.15, 0.2) is 12.4 Å². The average molecular weight is 292 g/mol. The first kappa shape index (κ1) is 15.4. The first-order chi connectivity index (χ1) is 9.76. The number of anilines is 2. The molecular weight excluding hydrogens is 268 g/mol. The maximum Gasteiger partial charge on any atom is 0.410 e. The average Bonchev–Trinajstić information content (AvgIpc) is 2.27. The van der Waals surface area contributed by atoms with Gasteiger partial charge in [0.2, 0.25) is 0 Å². The summed E-state index contributed by atoms with van der Waals surface area (Å²) < 4.78 is 5.33. The number of nitrogens with one attached hydrogen (secondary N) is 1. The van der Waals surface area contributed by atoms with Gasteiger partial charge in [0.05, 0.1) is 17.6 Å². The number of nitrogen functional groups attached to an aromatic ring is 1. The van der Waals surface area contributed by atoms with Gasteiger partial charge in [-0.1, -0.05) is 0 Å². The van der Waals surface area contributed by atoms with Crippen LogP contribution in [0.1, 0.15) is 26.3 Å². The molecule has 1 aliphatic heterocycles. The van der Waals surface area contributed by atoms with Crippen LogP contribution in [-0.4, -0.2) is 41.2 Å². The second kappa shape index (κ2) is 5.79. The molecule has 1 fully saturated rings. The largest absolute Gasteiger partial charge is 0.444 e. The van der Waals surface area contributed by atoms with Crippen LogP contribution in [0.5, 0.6) is 0 Å². The van der Waals surface area contributed by atoms with E-state index >= 15 is 0 Å². The third-order valence-corrected chi connectivity index (χ3v) is 3.34. The lowest BCUT2D eigenvalue weighted by atomic mass is 10.0. The van der Waals surface area contributed by atoms with Crippen molar-refractivity contribution in [3.05, 3.63) is 18.0 Å². The quantitative estimate of drug-likeness (QED) is 0.893. The Hall–Kier alpha value is -1.98. The van der Waals surface area contributed by atoms with Crippen LogP contribution < -0.4 is 11.1 Å². The number of hydrogen-bond donors (Lipinski definition) is 2. The van der Waals surface area contributed by atoms with Gasteiger partial charge in [0.1, 0.15) is 5.60 Å². The number of rotatable bonds is 3. The van der Waals surface area contributed by atoms with Crippen LogP contribution in [0.3, 0.4) is 0 Å². The Kier molecular flexibility index (Phi) is 4.25. The fourth-order valence-corrected chi connectivity index (χ4v) is 2.25. The molecule has 0 unspecified atom stereocenters. The number of aryl methyl sites for hydroxylation is 1. The minimum atomic E-state index is -0.441. The molecule has 0 aromatic carbocycles. The van der Waals surface area contributed by atoms with Gasteiger partial charge in [-0.15, -0.1) is 0 Å². The summed E-state index contributed by atoms with van der Waals surface area (Å²) in [5.41, 5.74) is 8.07. The SMILES string of the molecule is Cc1cncc(N)c1NCC1CN(C(=O)OC(C)(C)C)C1. The second-order valence-corrected chi connectivity index (χ2v) is 6.55. The van der Waals surface area contributed by atoms with Gasteiger partial charge in [-0.2, -0.15) is 0 Å². The molecule has 0 aliphatic carbocycles. The predicted octanol–water partition coefficient (Wildman–Crippen LogP) is 2.25. The molecule has 0 atom stereocenters. The Morgan fingerprint density at radius 3 is 2.71 bits per heavy atom. The topological polar surface area (TPSA) is 80.5 Å². The van der Waals surface area contributed by atoms with Crippen molar-refractivity contribution in [1.82, 2.24) is 9.88 Å². The zero-order chi connectivity index (χ0) is 15.6. The highest BCUT2D eigenvalue weighted by Gasteiger charge is 2.33. The molecule has 0 saturated carbocycles. The monoisotopic (exact) mass is 292 g/mol. The number of nitrogens with zero attached hydrogens (tertiary/aromatic N) is 2. The molecule has 2 heterocycles. The van der Waals surface area contributed by atoms with Gasteiger partial charge in [0, 0.05) is 31.7 Å². The number of carbonyl (C=O) groups excluding carboxylic acids is 1. The van der Waals surface area contributed by atoms with Crippen molar-refractivity contribution in [2.24, 2.45) is 5.92 Å². The van der Waals surface area contributed by atoms with E-state index in [1.165, 1.54) is 0 Å². The molecule has 116 valence electrons. The lowest BCUT2D eigenvalue weighted by Crippen LogP contribution is -2.53. The molecule has 1 aromatic rings. The molecule has 1 amide bonds. The summed E-state index contributed by atoms with van der Waals surface area (Å²) in [7, 11) is 0.